The second kappa shape index (κ2) is 7.00. The van der Waals surface area contributed by atoms with Crippen LogP contribution in [-0.2, 0) is 0 Å². The maximum absolute atomic E-state index is 11.7. The van der Waals surface area contributed by atoms with E-state index in [0.29, 0.717) is 12.2 Å². The summed E-state index contributed by atoms with van der Waals surface area (Å²) in [6.45, 7) is 2.07. The SMILES string of the molecule is CN(C)CC(C)(O)CNC(=O)Nc1cccc([N+](=O)[O-])c1. The van der Waals surface area contributed by atoms with Crippen LogP contribution in [0.2, 0.25) is 0 Å². The number of aliphatic hydroxyl groups is 1. The minimum atomic E-state index is -1.07. The van der Waals surface area contributed by atoms with Gasteiger partial charge in [-0.05, 0) is 27.1 Å². The van der Waals surface area contributed by atoms with Gasteiger partial charge in [-0.1, -0.05) is 6.07 Å². The fourth-order valence-corrected chi connectivity index (χ4v) is 1.88. The molecule has 1 aromatic carbocycles. The van der Waals surface area contributed by atoms with Gasteiger partial charge in [0.2, 0.25) is 0 Å². The Morgan fingerprint density at radius 2 is 2.14 bits per heavy atom. The fourth-order valence-electron chi connectivity index (χ4n) is 1.88. The van der Waals surface area contributed by atoms with Gasteiger partial charge in [-0.2, -0.15) is 0 Å². The molecule has 1 atom stereocenters. The number of rotatable bonds is 6. The third-order valence-electron chi connectivity index (χ3n) is 2.60. The molecule has 0 fully saturated rings. The number of non-ortho nitro benzene ring substituents is 1. The molecule has 0 aromatic heterocycles. The molecule has 0 aliphatic carbocycles. The lowest BCUT2D eigenvalue weighted by Crippen LogP contribution is -2.48. The Balaban J connectivity index is 2.54. The molecule has 8 heteroatoms. The highest BCUT2D eigenvalue weighted by molar-refractivity contribution is 5.89. The Hall–Kier alpha value is -2.19. The molecule has 0 bridgehead atoms. The summed E-state index contributed by atoms with van der Waals surface area (Å²) in [5.41, 5.74) is -0.856. The van der Waals surface area contributed by atoms with Crippen molar-refractivity contribution in [1.29, 1.82) is 0 Å². The minimum Gasteiger partial charge on any atom is -0.387 e. The molecule has 0 aliphatic heterocycles. The van der Waals surface area contributed by atoms with Gasteiger partial charge >= 0.3 is 6.03 Å². The van der Waals surface area contributed by atoms with Crippen molar-refractivity contribution in [3.63, 3.8) is 0 Å². The number of hydrogen-bond acceptors (Lipinski definition) is 5. The number of hydrogen-bond donors (Lipinski definition) is 3. The van der Waals surface area contributed by atoms with Crippen molar-refractivity contribution in [1.82, 2.24) is 10.2 Å². The summed E-state index contributed by atoms with van der Waals surface area (Å²) in [4.78, 5) is 23.6. The predicted molar refractivity (Wildman–Crippen MR) is 79.3 cm³/mol. The zero-order valence-electron chi connectivity index (χ0n) is 12.3. The Bertz CT molecular complexity index is 517. The second-order valence-corrected chi connectivity index (χ2v) is 5.35. The van der Waals surface area contributed by atoms with Crippen molar-refractivity contribution in [2.75, 3.05) is 32.5 Å². The van der Waals surface area contributed by atoms with Gasteiger partial charge in [0, 0.05) is 30.9 Å². The van der Waals surface area contributed by atoms with Gasteiger partial charge in [0.05, 0.1) is 10.5 Å². The first kappa shape index (κ1) is 16.9. The molecule has 0 spiro atoms. The zero-order valence-corrected chi connectivity index (χ0v) is 12.3. The van der Waals surface area contributed by atoms with E-state index < -0.39 is 16.6 Å². The highest BCUT2D eigenvalue weighted by Crippen LogP contribution is 2.16. The molecule has 116 valence electrons. The molecule has 1 rings (SSSR count). The Labute approximate surface area is 122 Å². The Morgan fingerprint density at radius 1 is 1.48 bits per heavy atom. The van der Waals surface area contributed by atoms with E-state index in [0.717, 1.165) is 0 Å². The Kier molecular flexibility index (Phi) is 5.62. The van der Waals surface area contributed by atoms with E-state index in [4.69, 9.17) is 0 Å². The molecule has 8 nitrogen and oxygen atoms in total. The molecule has 0 aliphatic rings. The summed E-state index contributed by atoms with van der Waals surface area (Å²) in [6, 6.07) is 5.10. The van der Waals surface area contributed by atoms with Gasteiger partial charge < -0.3 is 20.6 Å². The highest BCUT2D eigenvalue weighted by atomic mass is 16.6. The van der Waals surface area contributed by atoms with Crippen molar-refractivity contribution in [3.05, 3.63) is 34.4 Å². The van der Waals surface area contributed by atoms with Crippen LogP contribution >= 0.6 is 0 Å². The van der Waals surface area contributed by atoms with Crippen LogP contribution in [0, 0.1) is 10.1 Å². The lowest BCUT2D eigenvalue weighted by Gasteiger charge is -2.27. The minimum absolute atomic E-state index is 0.0614. The molecule has 2 amide bonds. The third kappa shape index (κ3) is 6.19. The molecule has 21 heavy (non-hydrogen) atoms. The average molecular weight is 296 g/mol. The smallest absolute Gasteiger partial charge is 0.319 e. The van der Waals surface area contributed by atoms with Crippen LogP contribution in [0.4, 0.5) is 16.2 Å². The molecular weight excluding hydrogens is 276 g/mol. The van der Waals surface area contributed by atoms with Crippen molar-refractivity contribution in [3.8, 4) is 0 Å². The van der Waals surface area contributed by atoms with Crippen LogP contribution in [0.1, 0.15) is 6.92 Å². The van der Waals surface area contributed by atoms with Crippen LogP contribution in [0.15, 0.2) is 24.3 Å². The van der Waals surface area contributed by atoms with Gasteiger partial charge in [-0.15, -0.1) is 0 Å². The third-order valence-corrected chi connectivity index (χ3v) is 2.60. The molecule has 0 heterocycles. The fraction of sp³-hybridized carbons (Fsp3) is 0.462. The van der Waals surface area contributed by atoms with E-state index >= 15 is 0 Å². The van der Waals surface area contributed by atoms with E-state index in [-0.39, 0.29) is 12.2 Å². The van der Waals surface area contributed by atoms with Crippen LogP contribution in [-0.4, -0.2) is 53.7 Å². The Morgan fingerprint density at radius 3 is 2.71 bits per heavy atom. The lowest BCUT2D eigenvalue weighted by molar-refractivity contribution is -0.384. The van der Waals surface area contributed by atoms with E-state index in [2.05, 4.69) is 10.6 Å². The standard InChI is InChI=1S/C13H20N4O4/c1-13(19,9-16(2)3)8-14-12(18)15-10-5-4-6-11(7-10)17(20)21/h4-7,19H,8-9H2,1-3H3,(H2,14,15,18). The number of nitro benzene ring substituents is 1. The maximum atomic E-state index is 11.7. The lowest BCUT2D eigenvalue weighted by atomic mass is 10.1. The molecule has 3 N–H and O–H groups in total. The zero-order chi connectivity index (χ0) is 16.0. The molecule has 1 unspecified atom stereocenters. The molecule has 0 saturated carbocycles. The van der Waals surface area contributed by atoms with Gasteiger partial charge in [-0.3, -0.25) is 10.1 Å². The summed E-state index contributed by atoms with van der Waals surface area (Å²) in [5, 5.41) is 25.7. The van der Waals surface area contributed by atoms with Crippen LogP contribution in [0.5, 0.6) is 0 Å². The summed E-state index contributed by atoms with van der Waals surface area (Å²) < 4.78 is 0. The van der Waals surface area contributed by atoms with Crippen LogP contribution in [0.25, 0.3) is 0 Å². The van der Waals surface area contributed by atoms with E-state index in [1.165, 1.54) is 18.2 Å². The van der Waals surface area contributed by atoms with Gasteiger partial charge in [0.15, 0.2) is 0 Å². The van der Waals surface area contributed by atoms with Crippen molar-refractivity contribution in [2.45, 2.75) is 12.5 Å². The molecular formula is C13H20N4O4. The number of nitrogens with one attached hydrogen (secondary N) is 2. The largest absolute Gasteiger partial charge is 0.387 e. The molecule has 1 aromatic rings. The van der Waals surface area contributed by atoms with Gasteiger partial charge in [0.25, 0.3) is 5.69 Å². The van der Waals surface area contributed by atoms with E-state index in [1.54, 1.807) is 17.9 Å². The number of carbonyl (C=O) groups excluding carboxylic acids is 1. The van der Waals surface area contributed by atoms with Crippen molar-refractivity contribution in [2.24, 2.45) is 0 Å². The number of amides is 2. The average Bonchev–Trinajstić information content (AvgIpc) is 2.35. The maximum Gasteiger partial charge on any atom is 0.319 e. The number of likely N-dealkylation sites (N-methyl/N-ethyl adjacent to an activating group) is 1. The quantitative estimate of drug-likeness (QED) is 0.537. The summed E-state index contributed by atoms with van der Waals surface area (Å²) in [7, 11) is 3.63. The first-order valence-electron chi connectivity index (χ1n) is 6.36. The van der Waals surface area contributed by atoms with Crippen molar-refractivity contribution < 1.29 is 14.8 Å². The van der Waals surface area contributed by atoms with Gasteiger partial charge in [-0.25, -0.2) is 4.79 Å². The summed E-state index contributed by atoms with van der Waals surface area (Å²) >= 11 is 0. The van der Waals surface area contributed by atoms with Crippen molar-refractivity contribution >= 4 is 17.4 Å². The number of carbonyl (C=O) groups is 1. The summed E-state index contributed by atoms with van der Waals surface area (Å²) in [5.74, 6) is 0. The normalized spacial score (nSPS) is 13.6. The number of urea groups is 1. The first-order chi connectivity index (χ1) is 9.69. The first-order valence-corrected chi connectivity index (χ1v) is 6.36. The van der Waals surface area contributed by atoms with Crippen LogP contribution in [0.3, 0.4) is 0 Å². The van der Waals surface area contributed by atoms with Gasteiger partial charge in [0.1, 0.15) is 0 Å². The molecule has 0 radical (unpaired) electrons. The van der Waals surface area contributed by atoms with Crippen LogP contribution < -0.4 is 10.6 Å². The number of anilines is 1. The van der Waals surface area contributed by atoms with E-state index in [1.807, 2.05) is 14.1 Å². The number of nitro groups is 1. The second-order valence-electron chi connectivity index (χ2n) is 5.35. The topological polar surface area (TPSA) is 108 Å². The number of benzene rings is 1. The monoisotopic (exact) mass is 296 g/mol. The predicted octanol–water partition coefficient (Wildman–Crippen LogP) is 1.03. The number of nitrogens with zero attached hydrogens (tertiary/aromatic N) is 2. The molecule has 0 saturated heterocycles. The van der Waals surface area contributed by atoms with E-state index in [9.17, 15) is 20.0 Å². The summed E-state index contributed by atoms with van der Waals surface area (Å²) in [6.07, 6.45) is 0. The highest BCUT2D eigenvalue weighted by Gasteiger charge is 2.22.